The number of hydrogen-bond donors (Lipinski definition) is 2. The van der Waals surface area contributed by atoms with Crippen molar-refractivity contribution >= 4 is 11.6 Å². The van der Waals surface area contributed by atoms with Gasteiger partial charge in [-0.15, -0.1) is 0 Å². The second kappa shape index (κ2) is 4.41. The highest BCUT2D eigenvalue weighted by atomic mass is 16.3. The van der Waals surface area contributed by atoms with Crippen LogP contribution >= 0.6 is 0 Å². The van der Waals surface area contributed by atoms with E-state index in [1.54, 1.807) is 18.2 Å². The van der Waals surface area contributed by atoms with Gasteiger partial charge in [-0.2, -0.15) is 0 Å². The third-order valence-electron chi connectivity index (χ3n) is 1.82. The van der Waals surface area contributed by atoms with E-state index >= 15 is 0 Å². The molecule has 0 bridgehead atoms. The maximum Gasteiger partial charge on any atom is 0.269 e. The van der Waals surface area contributed by atoms with Gasteiger partial charge in [-0.3, -0.25) is 9.79 Å². The van der Waals surface area contributed by atoms with Gasteiger partial charge in [0.05, 0.1) is 0 Å². The minimum atomic E-state index is -0.311. The minimum Gasteiger partial charge on any atom is -0.507 e. The fraction of sp³-hybridized carbons (Fsp3) is 0.200. The van der Waals surface area contributed by atoms with Gasteiger partial charge in [0.1, 0.15) is 11.5 Å². The number of aliphatic imine (C=N–C) groups is 1. The molecule has 0 aliphatic rings. The summed E-state index contributed by atoms with van der Waals surface area (Å²) in [6, 6.07) is 6.59. The summed E-state index contributed by atoms with van der Waals surface area (Å²) in [5.74, 6) is -0.259. The Morgan fingerprint density at radius 1 is 1.43 bits per heavy atom. The predicted octanol–water partition coefficient (Wildman–Crippen LogP) is 0.557. The summed E-state index contributed by atoms with van der Waals surface area (Å²) in [7, 11) is 3.03. The van der Waals surface area contributed by atoms with Crippen molar-refractivity contribution in [3.63, 3.8) is 0 Å². The minimum absolute atomic E-state index is 0.0525. The summed E-state index contributed by atoms with van der Waals surface area (Å²) in [5.41, 5.74) is 0.667. The molecule has 1 aromatic rings. The zero-order valence-electron chi connectivity index (χ0n) is 8.11. The molecule has 1 rings (SSSR count). The Labute approximate surface area is 82.3 Å². The number of carbonyl (C=O) groups excluding carboxylic acids is 1. The van der Waals surface area contributed by atoms with Gasteiger partial charge in [0.25, 0.3) is 5.91 Å². The average molecular weight is 192 g/mol. The molecule has 0 saturated heterocycles. The summed E-state index contributed by atoms with van der Waals surface area (Å²) in [4.78, 5) is 15.2. The number of rotatable bonds is 2. The largest absolute Gasteiger partial charge is 0.507 e. The van der Waals surface area contributed by atoms with Crippen molar-refractivity contribution in [3.05, 3.63) is 29.8 Å². The van der Waals surface area contributed by atoms with Gasteiger partial charge in [-0.25, -0.2) is 0 Å². The van der Waals surface area contributed by atoms with E-state index in [4.69, 9.17) is 0 Å². The molecule has 0 radical (unpaired) electrons. The Morgan fingerprint density at radius 3 is 2.57 bits per heavy atom. The van der Waals surface area contributed by atoms with Crippen LogP contribution in [-0.2, 0) is 4.79 Å². The Balaban J connectivity index is 3.15. The first-order valence-corrected chi connectivity index (χ1v) is 4.18. The van der Waals surface area contributed by atoms with Crippen LogP contribution < -0.4 is 5.32 Å². The smallest absolute Gasteiger partial charge is 0.269 e. The number of likely N-dealkylation sites (N-methyl/N-ethyl adjacent to an activating group) is 1. The molecule has 0 unspecified atom stereocenters. The van der Waals surface area contributed by atoms with Gasteiger partial charge >= 0.3 is 0 Å². The summed E-state index contributed by atoms with van der Waals surface area (Å²) in [5, 5.41) is 12.0. The highest BCUT2D eigenvalue weighted by Gasteiger charge is 2.14. The normalized spacial score (nSPS) is 11.1. The van der Waals surface area contributed by atoms with Gasteiger partial charge in [0.2, 0.25) is 0 Å². The van der Waals surface area contributed by atoms with E-state index in [-0.39, 0.29) is 17.4 Å². The molecule has 0 atom stereocenters. The molecule has 2 N–H and O–H groups in total. The Hall–Kier alpha value is -1.84. The third-order valence-corrected chi connectivity index (χ3v) is 1.82. The zero-order chi connectivity index (χ0) is 10.6. The summed E-state index contributed by atoms with van der Waals surface area (Å²) in [6.45, 7) is 0. The molecule has 4 heteroatoms. The third kappa shape index (κ3) is 1.90. The highest BCUT2D eigenvalue weighted by Crippen LogP contribution is 2.16. The Morgan fingerprint density at radius 2 is 2.07 bits per heavy atom. The molecule has 0 aliphatic carbocycles. The molecule has 1 amide bonds. The lowest BCUT2D eigenvalue weighted by atomic mass is 10.1. The number of benzene rings is 1. The molecule has 14 heavy (non-hydrogen) atoms. The standard InChI is InChI=1S/C10H12N2O2/c1-11-9(10(14)12-2)7-5-3-4-6-8(7)13/h3-6,13H,1-2H3,(H,12,14)/b11-9-. The molecule has 0 saturated carbocycles. The lowest BCUT2D eigenvalue weighted by Crippen LogP contribution is -2.28. The van der Waals surface area contributed by atoms with E-state index in [1.165, 1.54) is 20.2 Å². The predicted molar refractivity (Wildman–Crippen MR) is 54.6 cm³/mol. The van der Waals surface area contributed by atoms with Crippen LogP contribution in [0.15, 0.2) is 29.3 Å². The van der Waals surface area contributed by atoms with Crippen molar-refractivity contribution in [2.24, 2.45) is 4.99 Å². The van der Waals surface area contributed by atoms with Crippen molar-refractivity contribution in [1.82, 2.24) is 5.32 Å². The van der Waals surface area contributed by atoms with E-state index in [0.717, 1.165) is 0 Å². The monoisotopic (exact) mass is 192 g/mol. The van der Waals surface area contributed by atoms with E-state index in [1.807, 2.05) is 0 Å². The van der Waals surface area contributed by atoms with Crippen LogP contribution in [0.1, 0.15) is 5.56 Å². The van der Waals surface area contributed by atoms with Crippen molar-refractivity contribution < 1.29 is 9.90 Å². The number of phenols is 1. The zero-order valence-corrected chi connectivity index (χ0v) is 8.11. The van der Waals surface area contributed by atoms with Crippen LogP contribution in [0.25, 0.3) is 0 Å². The second-order valence-corrected chi connectivity index (χ2v) is 2.67. The fourth-order valence-corrected chi connectivity index (χ4v) is 1.14. The average Bonchev–Trinajstić information content (AvgIpc) is 2.21. The molecule has 4 nitrogen and oxygen atoms in total. The molecular weight excluding hydrogens is 180 g/mol. The molecular formula is C10H12N2O2. The maximum absolute atomic E-state index is 11.3. The molecule has 0 aromatic heterocycles. The van der Waals surface area contributed by atoms with Gasteiger partial charge in [-0.1, -0.05) is 12.1 Å². The van der Waals surface area contributed by atoms with Crippen molar-refractivity contribution in [1.29, 1.82) is 0 Å². The van der Waals surface area contributed by atoms with Gasteiger partial charge in [0.15, 0.2) is 0 Å². The van der Waals surface area contributed by atoms with Crippen LogP contribution in [0.4, 0.5) is 0 Å². The first-order chi connectivity index (χ1) is 6.70. The summed E-state index contributed by atoms with van der Waals surface area (Å²) < 4.78 is 0. The molecule has 0 spiro atoms. The van der Waals surface area contributed by atoms with E-state index < -0.39 is 0 Å². The second-order valence-electron chi connectivity index (χ2n) is 2.67. The van der Waals surface area contributed by atoms with E-state index in [2.05, 4.69) is 10.3 Å². The first-order valence-electron chi connectivity index (χ1n) is 4.18. The highest BCUT2D eigenvalue weighted by molar-refractivity contribution is 6.45. The number of aromatic hydroxyl groups is 1. The lowest BCUT2D eigenvalue weighted by molar-refractivity contribution is -0.114. The van der Waals surface area contributed by atoms with Gasteiger partial charge in [-0.05, 0) is 12.1 Å². The van der Waals surface area contributed by atoms with Crippen LogP contribution in [0, 0.1) is 0 Å². The molecule has 1 aromatic carbocycles. The number of phenolic OH excluding ortho intramolecular Hbond substituents is 1. The fourth-order valence-electron chi connectivity index (χ4n) is 1.14. The number of nitrogens with zero attached hydrogens (tertiary/aromatic N) is 1. The molecule has 0 fully saturated rings. The SMILES string of the molecule is C/N=C(\C(=O)NC)c1ccccc1O. The first kappa shape index (κ1) is 10.2. The number of hydrogen-bond acceptors (Lipinski definition) is 3. The Bertz CT molecular complexity index is 372. The molecule has 0 heterocycles. The van der Waals surface area contributed by atoms with Crippen molar-refractivity contribution in [2.75, 3.05) is 14.1 Å². The quantitative estimate of drug-likeness (QED) is 0.672. The van der Waals surface area contributed by atoms with Crippen LogP contribution in [0.2, 0.25) is 0 Å². The van der Waals surface area contributed by atoms with Crippen LogP contribution in [0.5, 0.6) is 5.75 Å². The maximum atomic E-state index is 11.3. The summed E-state index contributed by atoms with van der Waals surface area (Å²) >= 11 is 0. The number of nitrogens with one attached hydrogen (secondary N) is 1. The van der Waals surface area contributed by atoms with E-state index in [0.29, 0.717) is 5.56 Å². The van der Waals surface area contributed by atoms with Crippen molar-refractivity contribution in [2.45, 2.75) is 0 Å². The summed E-state index contributed by atoms with van der Waals surface area (Å²) in [6.07, 6.45) is 0. The Kier molecular flexibility index (Phi) is 3.23. The topological polar surface area (TPSA) is 61.7 Å². The number of amides is 1. The molecule has 0 aliphatic heterocycles. The van der Waals surface area contributed by atoms with Gasteiger partial charge in [0, 0.05) is 19.7 Å². The van der Waals surface area contributed by atoms with Crippen LogP contribution in [0.3, 0.4) is 0 Å². The number of para-hydroxylation sites is 1. The van der Waals surface area contributed by atoms with Crippen LogP contribution in [-0.4, -0.2) is 30.8 Å². The van der Waals surface area contributed by atoms with E-state index in [9.17, 15) is 9.90 Å². The number of carbonyl (C=O) groups is 1. The molecule has 74 valence electrons. The van der Waals surface area contributed by atoms with Gasteiger partial charge < -0.3 is 10.4 Å². The lowest BCUT2D eigenvalue weighted by Gasteiger charge is -2.05. The van der Waals surface area contributed by atoms with Crippen molar-refractivity contribution in [3.8, 4) is 5.75 Å².